The largest absolute Gasteiger partial charge is 0.477 e. The van der Waals surface area contributed by atoms with E-state index in [1.165, 1.54) is 22.8 Å². The molecule has 1 N–H and O–H groups in total. The van der Waals surface area contributed by atoms with Gasteiger partial charge in [-0.3, -0.25) is 4.90 Å². The van der Waals surface area contributed by atoms with Gasteiger partial charge < -0.3 is 19.1 Å². The van der Waals surface area contributed by atoms with Gasteiger partial charge in [-0.2, -0.15) is 0 Å². The number of hydrogen-bond donors (Lipinski definition) is 1. The van der Waals surface area contributed by atoms with E-state index < -0.39 is 5.97 Å². The van der Waals surface area contributed by atoms with Crippen LogP contribution >= 0.6 is 0 Å². The van der Waals surface area contributed by atoms with Crippen LogP contribution in [0, 0.1) is 13.8 Å². The zero-order valence-electron chi connectivity index (χ0n) is 24.2. The van der Waals surface area contributed by atoms with E-state index >= 15 is 0 Å². The highest BCUT2D eigenvalue weighted by molar-refractivity contribution is 5.88. The Morgan fingerprint density at radius 1 is 1.15 bits per heavy atom. The van der Waals surface area contributed by atoms with Crippen LogP contribution in [0.2, 0.25) is 0 Å². The number of ether oxygens (including phenoxy) is 2. The van der Waals surface area contributed by atoms with E-state index in [0.29, 0.717) is 18.7 Å². The molecule has 2 saturated heterocycles. The second-order valence-electron chi connectivity index (χ2n) is 11.6. The van der Waals surface area contributed by atoms with Crippen LogP contribution in [0.4, 0.5) is 0 Å². The minimum Gasteiger partial charge on any atom is -0.477 e. The van der Waals surface area contributed by atoms with Gasteiger partial charge in [-0.25, -0.2) is 19.8 Å². The molecule has 2 fully saturated rings. The molecular formula is C32H39N5O4. The molecule has 6 rings (SSSR count). The van der Waals surface area contributed by atoms with Crippen molar-refractivity contribution in [2.45, 2.75) is 84.1 Å². The number of likely N-dealkylation sites (tertiary alicyclic amines) is 1. The fourth-order valence-electron chi connectivity index (χ4n) is 6.11. The fourth-order valence-corrected chi connectivity index (χ4v) is 6.11. The first-order valence-electron chi connectivity index (χ1n) is 14.8. The lowest BCUT2D eigenvalue weighted by molar-refractivity contribution is -0.0593. The molecule has 216 valence electrons. The molecule has 0 bridgehead atoms. The van der Waals surface area contributed by atoms with E-state index in [4.69, 9.17) is 19.5 Å². The summed E-state index contributed by atoms with van der Waals surface area (Å²) in [6.07, 6.45) is 7.19. The first-order valence-corrected chi connectivity index (χ1v) is 14.8. The van der Waals surface area contributed by atoms with Gasteiger partial charge in [0.2, 0.25) is 0 Å². The maximum atomic E-state index is 11.5. The first-order chi connectivity index (χ1) is 19.8. The Kier molecular flexibility index (Phi) is 7.90. The van der Waals surface area contributed by atoms with E-state index in [1.54, 1.807) is 6.07 Å². The molecule has 5 heterocycles. The number of piperidine rings is 1. The van der Waals surface area contributed by atoms with Crippen molar-refractivity contribution in [1.29, 1.82) is 0 Å². The lowest BCUT2D eigenvalue weighted by atomic mass is 9.91. The van der Waals surface area contributed by atoms with Crippen LogP contribution in [0.5, 0.6) is 0 Å². The number of benzene rings is 1. The number of carboxylic acids is 1. The van der Waals surface area contributed by atoms with Gasteiger partial charge in [0.05, 0.1) is 19.2 Å². The number of rotatable bonds is 8. The molecule has 0 amide bonds. The molecule has 2 atom stereocenters. The predicted molar refractivity (Wildman–Crippen MR) is 157 cm³/mol. The number of aliphatic imine (C=N–C) groups is 1. The lowest BCUT2D eigenvalue weighted by Gasteiger charge is -2.33. The summed E-state index contributed by atoms with van der Waals surface area (Å²) in [4.78, 5) is 28.2. The van der Waals surface area contributed by atoms with Gasteiger partial charge in [-0.1, -0.05) is 36.8 Å². The molecule has 1 aromatic carbocycles. The maximum Gasteiger partial charge on any atom is 0.354 e. The molecule has 9 nitrogen and oxygen atoms in total. The highest BCUT2D eigenvalue weighted by atomic mass is 16.5. The monoisotopic (exact) mass is 557 g/mol. The van der Waals surface area contributed by atoms with Crippen molar-refractivity contribution < 1.29 is 19.4 Å². The summed E-state index contributed by atoms with van der Waals surface area (Å²) in [6, 6.07) is 9.92. The van der Waals surface area contributed by atoms with Crippen LogP contribution in [-0.2, 0) is 22.6 Å². The van der Waals surface area contributed by atoms with Gasteiger partial charge in [-0.05, 0) is 62.8 Å². The number of nitrogens with zero attached hydrogens (tertiary/aromatic N) is 5. The summed E-state index contributed by atoms with van der Waals surface area (Å²) >= 11 is 0. The Morgan fingerprint density at radius 3 is 2.66 bits per heavy atom. The van der Waals surface area contributed by atoms with E-state index in [2.05, 4.69) is 59.5 Å². The third kappa shape index (κ3) is 6.06. The second-order valence-corrected chi connectivity index (χ2v) is 11.6. The van der Waals surface area contributed by atoms with Crippen LogP contribution in [0.15, 0.2) is 47.1 Å². The fraction of sp³-hybridized carbons (Fsp3) is 0.500. The van der Waals surface area contributed by atoms with Gasteiger partial charge >= 0.3 is 5.97 Å². The number of aromatic carboxylic acids is 1. The molecule has 1 unspecified atom stereocenters. The van der Waals surface area contributed by atoms with Crippen LogP contribution in [-0.4, -0.2) is 68.3 Å². The quantitative estimate of drug-likeness (QED) is 0.396. The van der Waals surface area contributed by atoms with Crippen molar-refractivity contribution in [1.82, 2.24) is 19.4 Å². The van der Waals surface area contributed by atoms with Crippen molar-refractivity contribution in [3.63, 3.8) is 0 Å². The van der Waals surface area contributed by atoms with Crippen LogP contribution < -0.4 is 0 Å². The molecule has 9 heteroatoms. The molecule has 0 saturated carbocycles. The minimum absolute atomic E-state index is 0.0321. The Bertz CT molecular complexity index is 1500. The smallest absolute Gasteiger partial charge is 0.354 e. The standard InChI is InChI=1S/C32H39N5O4/c1-20-7-8-25(21(2)17-20)22(3)26-5-4-6-30(34-26)41-23-11-14-36(15-12-23)19-29-33-27-9-10-28(32(38)39)35-31(27)37(29)18-24-13-16-40-24/h5,7-10,17,22-24H,4,6,11-16,18-19H2,1-3H3,(H,38,39)/t22?,24-/m0/s1. The van der Waals surface area contributed by atoms with Gasteiger partial charge in [0, 0.05) is 37.7 Å². The summed E-state index contributed by atoms with van der Waals surface area (Å²) in [6.45, 7) is 10.4. The minimum atomic E-state index is -1.03. The average molecular weight is 558 g/mol. The first kappa shape index (κ1) is 27.6. The second kappa shape index (κ2) is 11.7. The summed E-state index contributed by atoms with van der Waals surface area (Å²) in [5, 5.41) is 9.45. The highest BCUT2D eigenvalue weighted by Crippen LogP contribution is 2.31. The van der Waals surface area contributed by atoms with E-state index in [9.17, 15) is 9.90 Å². The number of pyridine rings is 1. The number of aromatic nitrogens is 3. The van der Waals surface area contributed by atoms with E-state index in [0.717, 1.165) is 74.7 Å². The zero-order chi connectivity index (χ0) is 28.5. The Hall–Kier alpha value is -3.56. The number of hydrogen-bond acceptors (Lipinski definition) is 7. The Balaban J connectivity index is 1.09. The maximum absolute atomic E-state index is 11.5. The summed E-state index contributed by atoms with van der Waals surface area (Å²) in [5.74, 6) is 0.965. The van der Waals surface area contributed by atoms with Crippen LogP contribution in [0.3, 0.4) is 0 Å². The van der Waals surface area contributed by atoms with Gasteiger partial charge in [0.15, 0.2) is 17.2 Å². The van der Waals surface area contributed by atoms with E-state index in [1.807, 2.05) is 0 Å². The van der Waals surface area contributed by atoms with Crippen molar-refractivity contribution >= 4 is 23.0 Å². The number of imidazole rings is 1. The molecule has 3 aromatic rings. The Morgan fingerprint density at radius 2 is 1.95 bits per heavy atom. The molecule has 0 radical (unpaired) electrons. The number of carbonyl (C=O) groups is 1. The summed E-state index contributed by atoms with van der Waals surface area (Å²) < 4.78 is 14.2. The molecule has 2 aromatic heterocycles. The van der Waals surface area contributed by atoms with Gasteiger partial charge in [-0.15, -0.1) is 0 Å². The molecule has 3 aliphatic heterocycles. The predicted octanol–water partition coefficient (Wildman–Crippen LogP) is 5.40. The zero-order valence-corrected chi connectivity index (χ0v) is 24.2. The van der Waals surface area contributed by atoms with Crippen molar-refractivity contribution in [2.75, 3.05) is 19.7 Å². The van der Waals surface area contributed by atoms with Crippen molar-refractivity contribution in [3.05, 3.63) is 70.3 Å². The number of fused-ring (bicyclic) bond motifs is 1. The number of aryl methyl sites for hydroxylation is 2. The van der Waals surface area contributed by atoms with Gasteiger partial charge in [0.25, 0.3) is 0 Å². The summed E-state index contributed by atoms with van der Waals surface area (Å²) in [5.41, 5.74) is 6.38. The molecular weight excluding hydrogens is 518 g/mol. The van der Waals surface area contributed by atoms with Gasteiger partial charge in [0.1, 0.15) is 17.4 Å². The average Bonchev–Trinajstić information content (AvgIpc) is 3.27. The molecule has 41 heavy (non-hydrogen) atoms. The lowest BCUT2D eigenvalue weighted by Crippen LogP contribution is -2.38. The van der Waals surface area contributed by atoms with E-state index in [-0.39, 0.29) is 23.8 Å². The van der Waals surface area contributed by atoms with Crippen LogP contribution in [0.1, 0.15) is 77.9 Å². The summed E-state index contributed by atoms with van der Waals surface area (Å²) in [7, 11) is 0. The Labute approximate surface area is 240 Å². The topological polar surface area (TPSA) is 102 Å². The SMILES string of the molecule is Cc1ccc(C(C)C2=CCCC(OC3CCN(Cc4nc5ccc(C(=O)O)nc5n4C[C@@H]4CCO4)CC3)=N2)c(C)c1. The molecule has 0 spiro atoms. The van der Waals surface area contributed by atoms with Crippen molar-refractivity contribution in [3.8, 4) is 0 Å². The highest BCUT2D eigenvalue weighted by Gasteiger charge is 2.27. The van der Waals surface area contributed by atoms with Crippen molar-refractivity contribution in [2.24, 2.45) is 4.99 Å². The third-order valence-corrected chi connectivity index (χ3v) is 8.57. The normalized spacial score (nSPS) is 20.8. The molecule has 0 aliphatic carbocycles. The molecule has 3 aliphatic rings. The number of allylic oxidation sites excluding steroid dienone is 2. The third-order valence-electron chi connectivity index (χ3n) is 8.57. The number of carboxylic acid groups (broad SMARTS) is 1. The van der Waals surface area contributed by atoms with Crippen LogP contribution in [0.25, 0.3) is 11.2 Å².